The van der Waals surface area contributed by atoms with Crippen LogP contribution < -0.4 is 0 Å². The highest BCUT2D eigenvalue weighted by atomic mass is 28.4. The van der Waals surface area contributed by atoms with Crippen LogP contribution in [0.1, 0.15) is 47.5 Å². The first-order valence-corrected chi connectivity index (χ1v) is 10.5. The fourth-order valence-electron chi connectivity index (χ4n) is 3.16. The summed E-state index contributed by atoms with van der Waals surface area (Å²) in [6, 6.07) is 3.47. The Kier molecular flexibility index (Phi) is 6.29. The van der Waals surface area contributed by atoms with Crippen LogP contribution in [-0.2, 0) is 9.16 Å². The smallest absolute Gasteiger partial charge is 0.250 e. The molecule has 118 valence electrons. The molecular formula is C16H32O3Si. The topological polar surface area (TPSA) is 38.7 Å². The van der Waals surface area contributed by atoms with E-state index in [0.29, 0.717) is 0 Å². The summed E-state index contributed by atoms with van der Waals surface area (Å²) in [6.07, 6.45) is 3.91. The lowest BCUT2D eigenvalue weighted by Crippen LogP contribution is -2.43. The molecule has 0 aromatic heterocycles. The van der Waals surface area contributed by atoms with Gasteiger partial charge in [0.05, 0.1) is 17.5 Å². The van der Waals surface area contributed by atoms with Crippen LogP contribution in [0.15, 0.2) is 11.8 Å². The third-order valence-electron chi connectivity index (χ3n) is 4.91. The summed E-state index contributed by atoms with van der Waals surface area (Å²) in [5.41, 5.74) is -0.711. The van der Waals surface area contributed by atoms with E-state index in [0.717, 1.165) is 36.7 Å². The Hall–Kier alpha value is -0.323. The van der Waals surface area contributed by atoms with Crippen molar-refractivity contribution in [2.45, 2.75) is 77.3 Å². The van der Waals surface area contributed by atoms with E-state index in [2.05, 4.69) is 26.8 Å². The first-order chi connectivity index (χ1) is 9.31. The van der Waals surface area contributed by atoms with E-state index in [1.54, 1.807) is 7.11 Å². The molecule has 2 atom stereocenters. The molecule has 0 fully saturated rings. The molecule has 0 radical (unpaired) electrons. The van der Waals surface area contributed by atoms with Gasteiger partial charge in [0, 0.05) is 19.4 Å². The summed E-state index contributed by atoms with van der Waals surface area (Å²) < 4.78 is 12.0. The van der Waals surface area contributed by atoms with Gasteiger partial charge in [-0.05, 0) is 44.5 Å². The minimum atomic E-state index is -1.60. The molecule has 0 bridgehead atoms. The molecule has 0 amide bonds. The molecule has 1 rings (SSSR count). The highest BCUT2D eigenvalue weighted by Gasteiger charge is 2.38. The maximum atomic E-state index is 10.3. The number of methoxy groups -OCH3 is 1. The summed E-state index contributed by atoms with van der Waals surface area (Å²) in [6.45, 7) is 10.5. The van der Waals surface area contributed by atoms with Crippen molar-refractivity contribution < 1.29 is 14.3 Å². The molecule has 0 spiro atoms. The van der Waals surface area contributed by atoms with E-state index in [1.807, 2.05) is 13.8 Å². The Morgan fingerprint density at radius 1 is 1.25 bits per heavy atom. The number of aliphatic hydroxyl groups is 1. The molecular weight excluding hydrogens is 268 g/mol. The van der Waals surface area contributed by atoms with Gasteiger partial charge >= 0.3 is 0 Å². The van der Waals surface area contributed by atoms with Gasteiger partial charge in [0.15, 0.2) is 0 Å². The standard InChI is InChI=1S/C16H32O3Si/c1-7-20(8-2,9-3)19-13-10-11-14(16(4,5)17)15(12-13)18-6/h12,14-15,17H,7-11H2,1-6H3/t14-,15-/m0/s1. The normalized spacial score (nSPS) is 24.4. The lowest BCUT2D eigenvalue weighted by Gasteiger charge is -2.39. The van der Waals surface area contributed by atoms with E-state index in [4.69, 9.17) is 9.16 Å². The highest BCUT2D eigenvalue weighted by molar-refractivity contribution is 6.73. The van der Waals surface area contributed by atoms with Crippen molar-refractivity contribution in [3.63, 3.8) is 0 Å². The van der Waals surface area contributed by atoms with Gasteiger partial charge in [-0.3, -0.25) is 0 Å². The van der Waals surface area contributed by atoms with Crippen LogP contribution in [0.3, 0.4) is 0 Å². The second-order valence-corrected chi connectivity index (χ2v) is 11.2. The quantitative estimate of drug-likeness (QED) is 0.720. The van der Waals surface area contributed by atoms with Crippen LogP contribution >= 0.6 is 0 Å². The summed E-state index contributed by atoms with van der Waals surface area (Å²) >= 11 is 0. The van der Waals surface area contributed by atoms with Crippen molar-refractivity contribution in [1.82, 2.24) is 0 Å². The molecule has 0 aliphatic heterocycles. The molecule has 1 aliphatic carbocycles. The number of hydrogen-bond acceptors (Lipinski definition) is 3. The highest BCUT2D eigenvalue weighted by Crippen LogP contribution is 2.36. The Balaban J connectivity index is 2.86. The van der Waals surface area contributed by atoms with Gasteiger partial charge in [-0.15, -0.1) is 0 Å². The van der Waals surface area contributed by atoms with E-state index in [-0.39, 0.29) is 12.0 Å². The number of rotatable bonds is 7. The van der Waals surface area contributed by atoms with Crippen LogP contribution in [0.2, 0.25) is 18.1 Å². The third kappa shape index (κ3) is 4.09. The largest absolute Gasteiger partial charge is 0.547 e. The van der Waals surface area contributed by atoms with Gasteiger partial charge < -0.3 is 14.3 Å². The van der Waals surface area contributed by atoms with Crippen LogP contribution in [0.4, 0.5) is 0 Å². The average molecular weight is 301 g/mol. The molecule has 0 saturated heterocycles. The monoisotopic (exact) mass is 300 g/mol. The molecule has 1 N–H and O–H groups in total. The van der Waals surface area contributed by atoms with Crippen molar-refractivity contribution in [3.8, 4) is 0 Å². The summed E-state index contributed by atoms with van der Waals surface area (Å²) in [7, 11) is 0.114. The molecule has 0 heterocycles. The van der Waals surface area contributed by atoms with Gasteiger partial charge in [-0.25, -0.2) is 0 Å². The molecule has 0 aromatic carbocycles. The van der Waals surface area contributed by atoms with Crippen molar-refractivity contribution in [1.29, 1.82) is 0 Å². The van der Waals surface area contributed by atoms with E-state index in [9.17, 15) is 5.11 Å². The van der Waals surface area contributed by atoms with Crippen molar-refractivity contribution in [3.05, 3.63) is 11.8 Å². The zero-order valence-electron chi connectivity index (χ0n) is 14.0. The minimum absolute atomic E-state index is 0.0454. The second kappa shape index (κ2) is 7.10. The lowest BCUT2D eigenvalue weighted by atomic mass is 9.79. The molecule has 20 heavy (non-hydrogen) atoms. The first-order valence-electron chi connectivity index (χ1n) is 7.96. The zero-order valence-corrected chi connectivity index (χ0v) is 15.0. The van der Waals surface area contributed by atoms with E-state index < -0.39 is 13.9 Å². The van der Waals surface area contributed by atoms with Crippen LogP contribution in [0.25, 0.3) is 0 Å². The first kappa shape index (κ1) is 17.7. The van der Waals surface area contributed by atoms with Gasteiger partial charge in [0.1, 0.15) is 0 Å². The number of ether oxygens (including phenoxy) is 1. The summed E-state index contributed by atoms with van der Waals surface area (Å²) in [5, 5.41) is 10.3. The summed E-state index contributed by atoms with van der Waals surface area (Å²) in [5.74, 6) is 1.23. The van der Waals surface area contributed by atoms with E-state index in [1.165, 1.54) is 0 Å². The molecule has 4 heteroatoms. The molecule has 0 unspecified atom stereocenters. The van der Waals surface area contributed by atoms with Crippen LogP contribution in [0.5, 0.6) is 0 Å². The lowest BCUT2D eigenvalue weighted by molar-refractivity contribution is -0.0540. The van der Waals surface area contributed by atoms with E-state index >= 15 is 0 Å². The van der Waals surface area contributed by atoms with Crippen molar-refractivity contribution in [2.24, 2.45) is 5.92 Å². The fourth-order valence-corrected chi connectivity index (χ4v) is 5.82. The minimum Gasteiger partial charge on any atom is -0.547 e. The molecule has 0 aromatic rings. The predicted molar refractivity (Wildman–Crippen MR) is 86.2 cm³/mol. The third-order valence-corrected chi connectivity index (χ3v) is 9.47. The van der Waals surface area contributed by atoms with Gasteiger partial charge in [-0.1, -0.05) is 20.8 Å². The van der Waals surface area contributed by atoms with Gasteiger partial charge in [0.25, 0.3) is 0 Å². The molecule has 1 aliphatic rings. The second-order valence-electron chi connectivity index (χ2n) is 6.48. The van der Waals surface area contributed by atoms with Crippen LogP contribution in [-0.4, -0.2) is 32.2 Å². The Labute approximate surface area is 125 Å². The number of allylic oxidation sites excluding steroid dienone is 1. The maximum Gasteiger partial charge on any atom is 0.250 e. The zero-order chi connectivity index (χ0) is 15.4. The van der Waals surface area contributed by atoms with Gasteiger partial charge in [-0.2, -0.15) is 0 Å². The van der Waals surface area contributed by atoms with Crippen LogP contribution in [0, 0.1) is 5.92 Å². The molecule has 0 saturated carbocycles. The Morgan fingerprint density at radius 2 is 1.80 bits per heavy atom. The number of hydrogen-bond donors (Lipinski definition) is 1. The fraction of sp³-hybridized carbons (Fsp3) is 0.875. The predicted octanol–water partition coefficient (Wildman–Crippen LogP) is 4.09. The van der Waals surface area contributed by atoms with Crippen molar-refractivity contribution >= 4 is 8.32 Å². The maximum absolute atomic E-state index is 10.3. The van der Waals surface area contributed by atoms with Gasteiger partial charge in [0.2, 0.25) is 8.32 Å². The Morgan fingerprint density at radius 3 is 2.20 bits per heavy atom. The summed E-state index contributed by atoms with van der Waals surface area (Å²) in [4.78, 5) is 0. The SMILES string of the molecule is CC[Si](CC)(CC)OC1=C[C@H](OC)[C@@H](C(C)(C)O)CC1. The van der Waals surface area contributed by atoms with Crippen molar-refractivity contribution in [2.75, 3.05) is 7.11 Å². The molecule has 3 nitrogen and oxygen atoms in total. The Bertz CT molecular complexity index is 321. The average Bonchev–Trinajstić information content (AvgIpc) is 2.43.